The van der Waals surface area contributed by atoms with Gasteiger partial charge in [0.15, 0.2) is 0 Å². The summed E-state index contributed by atoms with van der Waals surface area (Å²) in [6.07, 6.45) is 0. The molecule has 0 N–H and O–H groups in total. The molecule has 2 atom stereocenters. The van der Waals surface area contributed by atoms with Crippen LogP contribution < -0.4 is 9.91 Å². The average Bonchev–Trinajstić information content (AvgIpc) is 3.31. The third kappa shape index (κ3) is 3.12. The predicted octanol–water partition coefficient (Wildman–Crippen LogP) is 4.03. The molecule has 0 saturated carbocycles. The average molecular weight is 447 g/mol. The van der Waals surface area contributed by atoms with Crippen molar-refractivity contribution in [1.82, 2.24) is 0 Å². The lowest BCUT2D eigenvalue weighted by Gasteiger charge is -2.22. The molecule has 0 spiro atoms. The molecular weight excluding hydrogens is 432 g/mol. The maximum atomic E-state index is 13.5. The van der Waals surface area contributed by atoms with Crippen LogP contribution in [0, 0.1) is 16.0 Å². The standard InChI is InChI=1S/C23H15ClN4O4/c24-15-5-4-8-18(13-15)26-22(29)19-20(14-9-11-17(12-10-14)28(31)32)25-27(21(19)23(26)30)16-6-2-1-3-7-16/h1-13,19,21H/t19-,21+/m0/s1. The Morgan fingerprint density at radius 3 is 2.22 bits per heavy atom. The molecule has 0 unspecified atom stereocenters. The fraction of sp³-hybridized carbons (Fsp3) is 0.0870. The first-order valence-electron chi connectivity index (χ1n) is 9.76. The van der Waals surface area contributed by atoms with Crippen molar-refractivity contribution in [2.24, 2.45) is 11.0 Å². The molecule has 2 amide bonds. The second-order valence-corrected chi connectivity index (χ2v) is 7.82. The van der Waals surface area contributed by atoms with Crippen molar-refractivity contribution in [3.8, 4) is 0 Å². The lowest BCUT2D eigenvalue weighted by molar-refractivity contribution is -0.384. The number of nitro groups is 1. The number of hydrogen-bond donors (Lipinski definition) is 0. The Morgan fingerprint density at radius 1 is 0.875 bits per heavy atom. The van der Waals surface area contributed by atoms with E-state index in [1.807, 2.05) is 18.2 Å². The fourth-order valence-electron chi connectivity index (χ4n) is 4.07. The number of para-hydroxylation sites is 1. The van der Waals surface area contributed by atoms with E-state index in [1.54, 1.807) is 53.5 Å². The lowest BCUT2D eigenvalue weighted by atomic mass is 9.92. The molecule has 3 aromatic carbocycles. The normalized spacial score (nSPS) is 19.8. The minimum Gasteiger partial charge on any atom is -0.273 e. The molecule has 158 valence electrons. The van der Waals surface area contributed by atoms with Gasteiger partial charge in [-0.1, -0.05) is 35.9 Å². The highest BCUT2D eigenvalue weighted by Gasteiger charge is 2.57. The van der Waals surface area contributed by atoms with Crippen LogP contribution in [0.25, 0.3) is 0 Å². The molecule has 1 fully saturated rings. The van der Waals surface area contributed by atoms with E-state index >= 15 is 0 Å². The van der Waals surface area contributed by atoms with Gasteiger partial charge in [0.1, 0.15) is 12.0 Å². The fourth-order valence-corrected chi connectivity index (χ4v) is 4.25. The van der Waals surface area contributed by atoms with Gasteiger partial charge in [0.25, 0.3) is 11.6 Å². The molecule has 5 rings (SSSR count). The van der Waals surface area contributed by atoms with Gasteiger partial charge in [0.2, 0.25) is 5.91 Å². The smallest absolute Gasteiger partial charge is 0.269 e. The molecule has 2 aliphatic rings. The number of imide groups is 1. The van der Waals surface area contributed by atoms with E-state index in [2.05, 4.69) is 5.10 Å². The molecule has 1 saturated heterocycles. The molecular formula is C23H15ClN4O4. The Morgan fingerprint density at radius 2 is 1.56 bits per heavy atom. The van der Waals surface area contributed by atoms with Gasteiger partial charge in [-0.25, -0.2) is 4.90 Å². The number of nitrogens with zero attached hydrogens (tertiary/aromatic N) is 4. The zero-order valence-corrected chi connectivity index (χ0v) is 17.2. The van der Waals surface area contributed by atoms with Crippen LogP contribution >= 0.6 is 11.6 Å². The van der Waals surface area contributed by atoms with Crippen LogP contribution in [0.1, 0.15) is 5.56 Å². The van der Waals surface area contributed by atoms with Gasteiger partial charge >= 0.3 is 0 Å². The number of benzene rings is 3. The number of rotatable bonds is 4. The molecule has 0 aliphatic carbocycles. The molecule has 0 aromatic heterocycles. The number of hydrogen-bond acceptors (Lipinski definition) is 6. The zero-order valence-electron chi connectivity index (χ0n) is 16.5. The molecule has 0 radical (unpaired) electrons. The van der Waals surface area contributed by atoms with Gasteiger partial charge in [0, 0.05) is 17.2 Å². The SMILES string of the molecule is O=C1[C@H]2C(c3ccc([N+](=O)[O-])cc3)=NN(c3ccccc3)[C@H]2C(=O)N1c1cccc(Cl)c1. The molecule has 3 aromatic rings. The van der Waals surface area contributed by atoms with Crippen LogP contribution in [0.4, 0.5) is 17.1 Å². The Labute approximate surface area is 187 Å². The number of hydrazone groups is 1. The number of carbonyl (C=O) groups is 2. The van der Waals surface area contributed by atoms with Crippen molar-refractivity contribution >= 4 is 46.2 Å². The van der Waals surface area contributed by atoms with Gasteiger partial charge in [-0.3, -0.25) is 24.7 Å². The van der Waals surface area contributed by atoms with Crippen molar-refractivity contribution in [3.63, 3.8) is 0 Å². The maximum Gasteiger partial charge on any atom is 0.269 e. The van der Waals surface area contributed by atoms with E-state index in [0.717, 1.165) is 4.90 Å². The van der Waals surface area contributed by atoms with E-state index in [4.69, 9.17) is 11.6 Å². The zero-order chi connectivity index (χ0) is 22.4. The van der Waals surface area contributed by atoms with Gasteiger partial charge in [-0.15, -0.1) is 0 Å². The summed E-state index contributed by atoms with van der Waals surface area (Å²) in [6.45, 7) is 0. The van der Waals surface area contributed by atoms with Crippen LogP contribution in [0.5, 0.6) is 0 Å². The number of anilines is 2. The first-order chi connectivity index (χ1) is 15.5. The number of fused-ring (bicyclic) bond motifs is 1. The minimum atomic E-state index is -0.867. The number of nitro benzene ring substituents is 1. The Kier molecular flexibility index (Phi) is 4.71. The summed E-state index contributed by atoms with van der Waals surface area (Å²) in [4.78, 5) is 38.6. The van der Waals surface area contributed by atoms with Crippen LogP contribution in [0.15, 0.2) is 84.0 Å². The van der Waals surface area contributed by atoms with Crippen LogP contribution in [0.2, 0.25) is 5.02 Å². The van der Waals surface area contributed by atoms with Crippen molar-refractivity contribution in [1.29, 1.82) is 0 Å². The van der Waals surface area contributed by atoms with E-state index < -0.39 is 28.7 Å². The summed E-state index contributed by atoms with van der Waals surface area (Å²) in [6, 6.07) is 20.6. The lowest BCUT2D eigenvalue weighted by Crippen LogP contribution is -2.39. The van der Waals surface area contributed by atoms with Crippen molar-refractivity contribution in [2.75, 3.05) is 9.91 Å². The maximum absolute atomic E-state index is 13.5. The highest BCUT2D eigenvalue weighted by atomic mass is 35.5. The summed E-state index contributed by atoms with van der Waals surface area (Å²) >= 11 is 6.09. The molecule has 8 nitrogen and oxygen atoms in total. The summed E-state index contributed by atoms with van der Waals surface area (Å²) < 4.78 is 0. The minimum absolute atomic E-state index is 0.0711. The Hall–Kier alpha value is -4.04. The van der Waals surface area contributed by atoms with Crippen molar-refractivity contribution < 1.29 is 14.5 Å². The quantitative estimate of drug-likeness (QED) is 0.342. The highest BCUT2D eigenvalue weighted by molar-refractivity contribution is 6.35. The van der Waals surface area contributed by atoms with Gasteiger partial charge < -0.3 is 0 Å². The topological polar surface area (TPSA) is 96.1 Å². The third-order valence-corrected chi connectivity index (χ3v) is 5.75. The van der Waals surface area contributed by atoms with E-state index in [0.29, 0.717) is 27.7 Å². The summed E-state index contributed by atoms with van der Waals surface area (Å²) in [5.74, 6) is -1.69. The van der Waals surface area contributed by atoms with Crippen LogP contribution in [-0.4, -0.2) is 28.5 Å². The first-order valence-corrected chi connectivity index (χ1v) is 10.1. The van der Waals surface area contributed by atoms with E-state index in [9.17, 15) is 19.7 Å². The molecule has 0 bridgehead atoms. The molecule has 2 heterocycles. The molecule has 2 aliphatic heterocycles. The molecule has 9 heteroatoms. The number of halogens is 1. The second kappa shape index (κ2) is 7.58. The second-order valence-electron chi connectivity index (χ2n) is 7.38. The Bertz CT molecular complexity index is 1280. The molecule has 32 heavy (non-hydrogen) atoms. The summed E-state index contributed by atoms with van der Waals surface area (Å²) in [5, 5.41) is 17.6. The van der Waals surface area contributed by atoms with Crippen molar-refractivity contribution in [2.45, 2.75) is 6.04 Å². The first kappa shape index (κ1) is 19.9. The summed E-state index contributed by atoms with van der Waals surface area (Å²) in [7, 11) is 0. The Balaban J connectivity index is 1.62. The van der Waals surface area contributed by atoms with Gasteiger partial charge in [0.05, 0.1) is 22.0 Å². The predicted molar refractivity (Wildman–Crippen MR) is 120 cm³/mol. The van der Waals surface area contributed by atoms with E-state index in [-0.39, 0.29) is 5.69 Å². The highest BCUT2D eigenvalue weighted by Crippen LogP contribution is 2.39. The van der Waals surface area contributed by atoms with E-state index in [1.165, 1.54) is 12.1 Å². The van der Waals surface area contributed by atoms with Crippen LogP contribution in [-0.2, 0) is 9.59 Å². The van der Waals surface area contributed by atoms with Gasteiger partial charge in [-0.2, -0.15) is 5.10 Å². The number of carbonyl (C=O) groups excluding carboxylic acids is 2. The van der Waals surface area contributed by atoms with Gasteiger partial charge in [-0.05, 0) is 48.0 Å². The monoisotopic (exact) mass is 446 g/mol. The summed E-state index contributed by atoms with van der Waals surface area (Å²) in [5.41, 5.74) is 1.90. The van der Waals surface area contributed by atoms with Crippen LogP contribution in [0.3, 0.4) is 0 Å². The number of non-ortho nitro benzene ring substituents is 1. The third-order valence-electron chi connectivity index (χ3n) is 5.51. The van der Waals surface area contributed by atoms with Crippen molar-refractivity contribution in [3.05, 3.63) is 99.6 Å². The number of amides is 2. The largest absolute Gasteiger partial charge is 0.273 e.